The zero-order valence-electron chi connectivity index (χ0n) is 10.9. The van der Waals surface area contributed by atoms with Gasteiger partial charge in [0.1, 0.15) is 16.4 Å². The second-order valence-corrected chi connectivity index (χ2v) is 5.36. The third-order valence-electron chi connectivity index (χ3n) is 2.46. The van der Waals surface area contributed by atoms with Crippen LogP contribution < -0.4 is 14.2 Å². The normalized spacial score (nSPS) is 10.9. The molecule has 7 nitrogen and oxygen atoms in total. The molecule has 0 unspecified atom stereocenters. The van der Waals surface area contributed by atoms with E-state index in [0.29, 0.717) is 5.75 Å². The molecule has 0 aliphatic rings. The van der Waals surface area contributed by atoms with Crippen LogP contribution in [-0.4, -0.2) is 32.6 Å². The predicted molar refractivity (Wildman–Crippen MR) is 72.4 cm³/mol. The quantitative estimate of drug-likeness (QED) is 0.894. The van der Waals surface area contributed by atoms with Crippen LogP contribution in [0.5, 0.6) is 11.5 Å². The fourth-order valence-corrected chi connectivity index (χ4v) is 2.72. The monoisotopic (exact) mass is 295 g/mol. The number of hydrogen-bond acceptors (Lipinski definition) is 6. The smallest absolute Gasteiger partial charge is 0.266 e. The van der Waals surface area contributed by atoms with Crippen LogP contribution in [-0.2, 0) is 10.0 Å². The van der Waals surface area contributed by atoms with E-state index in [1.165, 1.54) is 44.9 Å². The lowest BCUT2D eigenvalue weighted by Gasteiger charge is -2.12. The molecule has 0 aliphatic carbocycles. The van der Waals surface area contributed by atoms with E-state index in [4.69, 9.17) is 9.47 Å². The van der Waals surface area contributed by atoms with Gasteiger partial charge in [-0.25, -0.2) is 13.4 Å². The number of ether oxygens (including phenoxy) is 2. The van der Waals surface area contributed by atoms with Gasteiger partial charge >= 0.3 is 0 Å². The fourth-order valence-electron chi connectivity index (χ4n) is 1.54. The molecule has 0 amide bonds. The molecule has 0 atom stereocenters. The summed E-state index contributed by atoms with van der Waals surface area (Å²) in [6.07, 6.45) is 4.15. The minimum atomic E-state index is -3.85. The Morgan fingerprint density at radius 2 is 1.95 bits per heavy atom. The molecule has 20 heavy (non-hydrogen) atoms. The number of anilines is 1. The second-order valence-electron chi connectivity index (χ2n) is 3.71. The maximum absolute atomic E-state index is 12.3. The van der Waals surface area contributed by atoms with Gasteiger partial charge in [0.2, 0.25) is 0 Å². The molecule has 0 saturated carbocycles. The van der Waals surface area contributed by atoms with Gasteiger partial charge in [-0.3, -0.25) is 9.71 Å². The number of aromatic nitrogens is 2. The lowest BCUT2D eigenvalue weighted by atomic mass is 10.3. The van der Waals surface area contributed by atoms with E-state index in [9.17, 15) is 8.42 Å². The summed E-state index contributed by atoms with van der Waals surface area (Å²) in [5.74, 6) is 0.741. The van der Waals surface area contributed by atoms with Gasteiger partial charge in [0, 0.05) is 18.5 Å². The first kappa shape index (κ1) is 14.1. The molecule has 0 aliphatic heterocycles. The molecule has 106 valence electrons. The van der Waals surface area contributed by atoms with Crippen LogP contribution in [0.2, 0.25) is 0 Å². The van der Waals surface area contributed by atoms with E-state index in [2.05, 4.69) is 14.7 Å². The number of hydrogen-bond donors (Lipinski definition) is 1. The third-order valence-corrected chi connectivity index (χ3v) is 3.84. The van der Waals surface area contributed by atoms with Crippen LogP contribution in [0.15, 0.2) is 41.7 Å². The van der Waals surface area contributed by atoms with Gasteiger partial charge in [0.05, 0.1) is 20.4 Å². The lowest BCUT2D eigenvalue weighted by molar-refractivity contribution is 0.392. The second kappa shape index (κ2) is 5.74. The third kappa shape index (κ3) is 2.97. The molecule has 1 heterocycles. The average molecular weight is 295 g/mol. The highest BCUT2D eigenvalue weighted by Gasteiger charge is 2.21. The highest BCUT2D eigenvalue weighted by molar-refractivity contribution is 7.92. The summed E-state index contributed by atoms with van der Waals surface area (Å²) in [5.41, 5.74) is 0. The van der Waals surface area contributed by atoms with E-state index in [1.54, 1.807) is 6.07 Å². The number of nitrogens with one attached hydrogen (secondary N) is 1. The van der Waals surface area contributed by atoms with Crippen molar-refractivity contribution < 1.29 is 17.9 Å². The van der Waals surface area contributed by atoms with Gasteiger partial charge in [0.25, 0.3) is 10.0 Å². The van der Waals surface area contributed by atoms with Gasteiger partial charge < -0.3 is 9.47 Å². The van der Waals surface area contributed by atoms with Crippen molar-refractivity contribution in [1.82, 2.24) is 9.97 Å². The largest absolute Gasteiger partial charge is 0.497 e. The van der Waals surface area contributed by atoms with E-state index in [0.717, 1.165) is 0 Å². The Kier molecular flexibility index (Phi) is 4.04. The first-order valence-electron chi connectivity index (χ1n) is 5.57. The summed E-state index contributed by atoms with van der Waals surface area (Å²) in [6.45, 7) is 0. The fraction of sp³-hybridized carbons (Fsp3) is 0.167. The van der Waals surface area contributed by atoms with Crippen molar-refractivity contribution in [2.45, 2.75) is 4.90 Å². The summed E-state index contributed by atoms with van der Waals surface area (Å²) in [4.78, 5) is 7.62. The Hall–Kier alpha value is -2.35. The van der Waals surface area contributed by atoms with Crippen LogP contribution in [0.4, 0.5) is 5.82 Å². The Balaban J connectivity index is 2.43. The zero-order chi connectivity index (χ0) is 14.6. The number of nitrogens with zero attached hydrogens (tertiary/aromatic N) is 2. The highest BCUT2D eigenvalue weighted by atomic mass is 32.2. The van der Waals surface area contributed by atoms with Gasteiger partial charge in [-0.2, -0.15) is 0 Å². The molecule has 0 bridgehead atoms. The first-order chi connectivity index (χ1) is 9.56. The van der Waals surface area contributed by atoms with E-state index >= 15 is 0 Å². The average Bonchev–Trinajstić information content (AvgIpc) is 2.47. The minimum Gasteiger partial charge on any atom is -0.497 e. The van der Waals surface area contributed by atoms with E-state index in [-0.39, 0.29) is 16.5 Å². The number of methoxy groups -OCH3 is 2. The maximum Gasteiger partial charge on any atom is 0.266 e. The number of rotatable bonds is 5. The Bertz CT molecular complexity index is 689. The molecule has 8 heteroatoms. The number of sulfonamides is 1. The summed E-state index contributed by atoms with van der Waals surface area (Å²) in [6, 6.07) is 4.50. The van der Waals surface area contributed by atoms with Crippen molar-refractivity contribution in [2.75, 3.05) is 18.9 Å². The molecule has 1 aromatic heterocycles. The van der Waals surface area contributed by atoms with E-state index < -0.39 is 10.0 Å². The van der Waals surface area contributed by atoms with Crippen molar-refractivity contribution in [3.05, 3.63) is 36.8 Å². The molecule has 2 rings (SSSR count). The Morgan fingerprint density at radius 1 is 1.15 bits per heavy atom. The number of benzene rings is 1. The van der Waals surface area contributed by atoms with E-state index in [1.807, 2.05) is 0 Å². The summed E-state index contributed by atoms with van der Waals surface area (Å²) in [7, 11) is -1.00. The molecule has 1 aromatic carbocycles. The first-order valence-corrected chi connectivity index (χ1v) is 7.06. The van der Waals surface area contributed by atoms with Crippen LogP contribution in [0.3, 0.4) is 0 Å². The van der Waals surface area contributed by atoms with Crippen LogP contribution in [0.25, 0.3) is 0 Å². The van der Waals surface area contributed by atoms with Crippen LogP contribution >= 0.6 is 0 Å². The molecular weight excluding hydrogens is 282 g/mol. The topological polar surface area (TPSA) is 90.4 Å². The maximum atomic E-state index is 12.3. The van der Waals surface area contributed by atoms with Crippen LogP contribution in [0.1, 0.15) is 0 Å². The SMILES string of the molecule is COc1ccc(OC)c(S(=O)(=O)Nc2cnccn2)c1. The summed E-state index contributed by atoms with van der Waals surface area (Å²) < 4.78 is 37.1. The Labute approximate surface area is 116 Å². The van der Waals surface area contributed by atoms with Crippen molar-refractivity contribution in [3.8, 4) is 11.5 Å². The molecule has 0 radical (unpaired) electrons. The molecule has 0 spiro atoms. The molecule has 0 saturated heterocycles. The molecular formula is C12H13N3O4S. The minimum absolute atomic E-state index is 0.0370. The molecule has 2 aromatic rings. The predicted octanol–water partition coefficient (Wildman–Crippen LogP) is 1.29. The van der Waals surface area contributed by atoms with Crippen LogP contribution in [0, 0.1) is 0 Å². The standard InChI is InChI=1S/C12H13N3O4S/c1-18-9-3-4-10(19-2)11(7-9)20(16,17)15-12-8-13-5-6-14-12/h3-8H,1-2H3,(H,14,15). The molecule has 0 fully saturated rings. The van der Waals surface area contributed by atoms with Gasteiger partial charge in [-0.15, -0.1) is 0 Å². The lowest BCUT2D eigenvalue weighted by Crippen LogP contribution is -2.15. The summed E-state index contributed by atoms with van der Waals surface area (Å²) in [5, 5.41) is 0. The zero-order valence-corrected chi connectivity index (χ0v) is 11.7. The van der Waals surface area contributed by atoms with Crippen molar-refractivity contribution in [3.63, 3.8) is 0 Å². The molecule has 1 N–H and O–H groups in total. The van der Waals surface area contributed by atoms with Gasteiger partial charge in [-0.05, 0) is 12.1 Å². The Morgan fingerprint density at radius 3 is 2.55 bits per heavy atom. The summed E-state index contributed by atoms with van der Waals surface area (Å²) >= 11 is 0. The van der Waals surface area contributed by atoms with Gasteiger partial charge in [0.15, 0.2) is 5.82 Å². The highest BCUT2D eigenvalue weighted by Crippen LogP contribution is 2.29. The van der Waals surface area contributed by atoms with Crippen molar-refractivity contribution >= 4 is 15.8 Å². The van der Waals surface area contributed by atoms with Gasteiger partial charge in [-0.1, -0.05) is 0 Å². The van der Waals surface area contributed by atoms with Crippen molar-refractivity contribution in [2.24, 2.45) is 0 Å². The van der Waals surface area contributed by atoms with Crippen molar-refractivity contribution in [1.29, 1.82) is 0 Å².